The molecule has 6 amide bonds. The molecular formula is C52H95N7O21. The second-order valence-corrected chi connectivity index (χ2v) is 21.3. The lowest BCUT2D eigenvalue weighted by atomic mass is 9.82. The smallest absolute Gasteiger partial charge is 0.222 e. The monoisotopic (exact) mass is 1150 g/mol. The number of amides is 6. The van der Waals surface area contributed by atoms with Crippen LogP contribution >= 0.6 is 0 Å². The molecule has 6 unspecified atom stereocenters. The number of hydrogen-bond donors (Lipinski definition) is 16. The fourth-order valence-corrected chi connectivity index (χ4v) is 9.46. The number of hydrogen-bond acceptors (Lipinski definition) is 22. The lowest BCUT2D eigenvalue weighted by Gasteiger charge is -2.40. The van der Waals surface area contributed by atoms with Gasteiger partial charge >= 0.3 is 0 Å². The van der Waals surface area contributed by atoms with Crippen molar-refractivity contribution in [2.75, 3.05) is 78.9 Å². The van der Waals surface area contributed by atoms with E-state index in [1.54, 1.807) is 20.8 Å². The van der Waals surface area contributed by atoms with Gasteiger partial charge < -0.3 is 112 Å². The molecule has 0 aromatic carbocycles. The van der Waals surface area contributed by atoms with Gasteiger partial charge in [-0.2, -0.15) is 0 Å². The third-order valence-corrected chi connectivity index (χ3v) is 14.5. The number of carbonyl (C=O) groups excluding carboxylic acids is 6. The van der Waals surface area contributed by atoms with Gasteiger partial charge in [-0.05, 0) is 38.5 Å². The molecule has 0 aliphatic carbocycles. The third-order valence-electron chi connectivity index (χ3n) is 14.5. The normalized spacial score (nSPS) is 29.5. The summed E-state index contributed by atoms with van der Waals surface area (Å²) < 4.78 is 33.4. The van der Waals surface area contributed by atoms with E-state index in [0.717, 1.165) is 0 Å². The highest BCUT2D eigenvalue weighted by molar-refractivity contribution is 5.78. The predicted molar refractivity (Wildman–Crippen MR) is 283 cm³/mol. The highest BCUT2D eigenvalue weighted by Crippen LogP contribution is 2.30. The van der Waals surface area contributed by atoms with Crippen LogP contribution in [0.2, 0.25) is 0 Å². The van der Waals surface area contributed by atoms with Crippen LogP contribution in [-0.2, 0) is 57.2 Å². The number of rotatable bonds is 38. The van der Waals surface area contributed by atoms with Gasteiger partial charge in [0.15, 0.2) is 18.9 Å². The van der Waals surface area contributed by atoms with E-state index in [0.29, 0.717) is 19.3 Å². The van der Waals surface area contributed by atoms with Gasteiger partial charge in [-0.15, -0.1) is 0 Å². The van der Waals surface area contributed by atoms with Crippen LogP contribution in [0.4, 0.5) is 0 Å². The molecule has 0 radical (unpaired) electrons. The van der Waals surface area contributed by atoms with Gasteiger partial charge in [0.25, 0.3) is 0 Å². The number of aliphatic hydroxyl groups excluding tert-OH is 9. The Bertz CT molecular complexity index is 1650. The van der Waals surface area contributed by atoms with E-state index in [-0.39, 0.29) is 158 Å². The van der Waals surface area contributed by atoms with Gasteiger partial charge in [0.2, 0.25) is 35.4 Å². The zero-order chi connectivity index (χ0) is 59.4. The van der Waals surface area contributed by atoms with Crippen molar-refractivity contribution in [3.8, 4) is 0 Å². The third kappa shape index (κ3) is 24.6. The molecule has 3 saturated heterocycles. The van der Waals surface area contributed by atoms with E-state index in [9.17, 15) is 74.7 Å². The molecule has 3 aliphatic rings. The average Bonchev–Trinajstić information content (AvgIpc) is 3.48. The van der Waals surface area contributed by atoms with E-state index >= 15 is 0 Å². The largest absolute Gasteiger partial charge is 0.394 e. The fourth-order valence-electron chi connectivity index (χ4n) is 9.46. The summed E-state index contributed by atoms with van der Waals surface area (Å²) in [5.74, 6) is -3.58. The first-order valence-electron chi connectivity index (χ1n) is 28.2. The van der Waals surface area contributed by atoms with Gasteiger partial charge in [-0.1, -0.05) is 34.6 Å². The van der Waals surface area contributed by atoms with Crippen LogP contribution in [0, 0.1) is 17.8 Å². The zero-order valence-electron chi connectivity index (χ0n) is 47.1. The minimum Gasteiger partial charge on any atom is -0.394 e. The number of nitrogens with one attached hydrogen (secondary N) is 7. The molecule has 80 heavy (non-hydrogen) atoms. The molecule has 0 aromatic heterocycles. The molecule has 0 saturated carbocycles. The summed E-state index contributed by atoms with van der Waals surface area (Å²) in [4.78, 5) is 77.1. The van der Waals surface area contributed by atoms with Crippen LogP contribution in [0.15, 0.2) is 0 Å². The predicted octanol–water partition coefficient (Wildman–Crippen LogP) is -4.62. The average molecular weight is 1150 g/mol. The molecule has 28 nitrogen and oxygen atoms in total. The maximum Gasteiger partial charge on any atom is 0.222 e. The summed E-state index contributed by atoms with van der Waals surface area (Å²) in [6.07, 6.45) is -11.0. The minimum atomic E-state index is -1.27. The summed E-state index contributed by atoms with van der Waals surface area (Å²) in [5.41, 5.74) is -0.839. The van der Waals surface area contributed by atoms with E-state index < -0.39 is 117 Å². The van der Waals surface area contributed by atoms with Gasteiger partial charge in [-0.25, -0.2) is 0 Å². The van der Waals surface area contributed by atoms with E-state index in [4.69, 9.17) is 28.4 Å². The molecule has 3 rings (SSSR count). The van der Waals surface area contributed by atoms with Crippen molar-refractivity contribution < 1.29 is 103 Å². The van der Waals surface area contributed by atoms with Crippen molar-refractivity contribution in [2.45, 2.75) is 197 Å². The standard InChI is InChI=1S/C52H95N7O21/c1-30(2)59-52(15-9-37(63)53-18-6-21-56-40(66)12-24-75-49-31(3)43(69)46(72)34(27-60)78-49,16-10-38(64)54-19-7-22-57-41(67)13-25-76-50-32(4)44(70)47(73)35(28-61)79-50)17-11-39(65)55-20-8-23-58-42(68)14-26-77-51-33(5)45(71)48(74)36(29-62)80-51/h30-36,43-51,59-62,69-74H,6-29H2,1-5H3,(H,53,63)(H,54,64)(H,55,65)(H,56,66)(H,57,67)(H,58,68)/t31?,32?,33?,34?,35?,36?,43-,44-,45-,46+,47+,48+,49-,50-,51-,52?/m1/s1. The van der Waals surface area contributed by atoms with Crippen molar-refractivity contribution in [3.05, 3.63) is 0 Å². The van der Waals surface area contributed by atoms with Crippen LogP contribution in [0.5, 0.6) is 0 Å². The van der Waals surface area contributed by atoms with Crippen LogP contribution in [0.1, 0.15) is 112 Å². The maximum atomic E-state index is 13.2. The lowest BCUT2D eigenvalue weighted by molar-refractivity contribution is -0.282. The molecule has 16 N–H and O–H groups in total. The van der Waals surface area contributed by atoms with Crippen molar-refractivity contribution in [3.63, 3.8) is 0 Å². The van der Waals surface area contributed by atoms with E-state index in [2.05, 4.69) is 37.2 Å². The zero-order valence-corrected chi connectivity index (χ0v) is 47.1. The molecule has 0 bridgehead atoms. The highest BCUT2D eigenvalue weighted by Gasteiger charge is 2.45. The Morgan fingerprint density at radius 2 is 0.650 bits per heavy atom. The number of carbonyl (C=O) groups is 6. The minimum absolute atomic E-state index is 0.0216. The van der Waals surface area contributed by atoms with Gasteiger partial charge in [0.05, 0.1) is 77.2 Å². The molecule has 15 atom stereocenters. The Balaban J connectivity index is 1.45. The first kappa shape index (κ1) is 70.4. The Kier molecular flexibility index (Phi) is 32.9. The summed E-state index contributed by atoms with van der Waals surface area (Å²) in [6, 6.07) is -0.108. The van der Waals surface area contributed by atoms with Crippen molar-refractivity contribution >= 4 is 35.4 Å². The van der Waals surface area contributed by atoms with Crippen LogP contribution in [0.3, 0.4) is 0 Å². The molecule has 464 valence electrons. The van der Waals surface area contributed by atoms with Crippen molar-refractivity contribution in [2.24, 2.45) is 17.8 Å². The summed E-state index contributed by atoms with van der Waals surface area (Å²) in [7, 11) is 0. The molecule has 0 aromatic rings. The van der Waals surface area contributed by atoms with E-state index in [1.165, 1.54) is 0 Å². The molecular weight excluding hydrogens is 1060 g/mol. The Hall–Kier alpha value is -3.82. The van der Waals surface area contributed by atoms with Gasteiger partial charge in [0, 0.05) is 87.9 Å². The van der Waals surface area contributed by atoms with Gasteiger partial charge in [-0.3, -0.25) is 28.8 Å². The van der Waals surface area contributed by atoms with Crippen LogP contribution < -0.4 is 37.2 Å². The quantitative estimate of drug-likeness (QED) is 0.0259. The number of aliphatic hydroxyl groups is 9. The second kappa shape index (κ2) is 37.4. The molecule has 3 heterocycles. The Morgan fingerprint density at radius 1 is 0.412 bits per heavy atom. The molecule has 0 spiro atoms. The Morgan fingerprint density at radius 3 is 0.875 bits per heavy atom. The lowest BCUT2D eigenvalue weighted by Crippen LogP contribution is -2.55. The SMILES string of the molecule is CC(C)NC(CCC(=O)NCCCNC(=O)CCO[C@@H]1OC(CO)[C@H](O)[C@H](O)C1C)(CCC(=O)NCCCNC(=O)CCO[C@@H]1OC(CO)[C@H](O)[C@H](O)C1C)CCC(=O)NCCCNC(=O)CCO[C@@H]1OC(CO)[C@H](O)[C@H](O)C1C. The first-order chi connectivity index (χ1) is 38.1. The van der Waals surface area contributed by atoms with E-state index in [1.807, 2.05) is 13.8 Å². The summed E-state index contributed by atoms with van der Waals surface area (Å²) in [6.45, 7) is 8.55. The van der Waals surface area contributed by atoms with Crippen LogP contribution in [-0.4, -0.2) is 246 Å². The topological polar surface area (TPSA) is 424 Å². The maximum absolute atomic E-state index is 13.2. The fraction of sp³-hybridized carbons (Fsp3) is 0.885. The van der Waals surface area contributed by atoms with Crippen molar-refractivity contribution in [1.82, 2.24) is 37.2 Å². The van der Waals surface area contributed by atoms with Crippen LogP contribution in [0.25, 0.3) is 0 Å². The Labute approximate surface area is 468 Å². The first-order valence-corrected chi connectivity index (χ1v) is 28.2. The molecule has 3 aliphatic heterocycles. The second-order valence-electron chi connectivity index (χ2n) is 21.3. The summed E-state index contributed by atoms with van der Waals surface area (Å²) >= 11 is 0. The number of ether oxygens (including phenoxy) is 6. The molecule has 3 fully saturated rings. The highest BCUT2D eigenvalue weighted by atomic mass is 16.7. The van der Waals surface area contributed by atoms with Crippen molar-refractivity contribution in [1.29, 1.82) is 0 Å². The van der Waals surface area contributed by atoms with Gasteiger partial charge in [0.1, 0.15) is 36.6 Å². The molecule has 28 heteroatoms. The summed E-state index contributed by atoms with van der Waals surface area (Å²) in [5, 5.41) is 110.